The van der Waals surface area contributed by atoms with E-state index >= 15 is 0 Å². The fourth-order valence-electron chi connectivity index (χ4n) is 4.34. The van der Waals surface area contributed by atoms with Gasteiger partial charge in [0, 0.05) is 17.4 Å². The third kappa shape index (κ3) is 3.92. The van der Waals surface area contributed by atoms with Crippen LogP contribution in [0, 0.1) is 12.8 Å². The number of halogens is 1. The second-order valence-corrected chi connectivity index (χ2v) is 9.64. The number of thioether (sulfide) groups is 1. The molecule has 4 rings (SSSR count). The van der Waals surface area contributed by atoms with Crippen LogP contribution in [0.25, 0.3) is 0 Å². The molecule has 146 valence electrons. The van der Waals surface area contributed by atoms with E-state index in [1.165, 1.54) is 31.7 Å². The first-order chi connectivity index (χ1) is 12.9. The first-order valence-electron chi connectivity index (χ1n) is 9.66. The Hall–Kier alpha value is -1.40. The van der Waals surface area contributed by atoms with Crippen LogP contribution in [0.2, 0.25) is 5.02 Å². The number of phenols is 1. The van der Waals surface area contributed by atoms with E-state index in [-0.39, 0.29) is 23.6 Å². The topological polar surface area (TPSA) is 69.6 Å². The molecular formula is C20H25ClN2O3S. The lowest BCUT2D eigenvalue weighted by Gasteiger charge is -2.27. The van der Waals surface area contributed by atoms with Crippen LogP contribution < -0.4 is 5.32 Å². The van der Waals surface area contributed by atoms with Crippen molar-refractivity contribution < 1.29 is 14.7 Å². The van der Waals surface area contributed by atoms with Crippen LogP contribution in [0.4, 0.5) is 5.69 Å². The Labute approximate surface area is 168 Å². The Morgan fingerprint density at radius 1 is 1.30 bits per heavy atom. The number of amides is 2. The molecule has 2 aliphatic carbocycles. The van der Waals surface area contributed by atoms with E-state index in [1.807, 2.05) is 4.90 Å². The molecule has 2 N–H and O–H groups in total. The van der Waals surface area contributed by atoms with Crippen molar-refractivity contribution in [2.75, 3.05) is 11.1 Å². The van der Waals surface area contributed by atoms with Crippen LogP contribution in [0.1, 0.15) is 44.1 Å². The van der Waals surface area contributed by atoms with Crippen molar-refractivity contribution in [1.29, 1.82) is 0 Å². The zero-order chi connectivity index (χ0) is 19.1. The molecule has 3 atom stereocenters. The third-order valence-corrected chi connectivity index (χ3v) is 7.65. The number of hydrogen-bond acceptors (Lipinski definition) is 4. The lowest BCUT2D eigenvalue weighted by atomic mass is 10.1. The van der Waals surface area contributed by atoms with Gasteiger partial charge in [0.25, 0.3) is 0 Å². The van der Waals surface area contributed by atoms with Crippen LogP contribution >= 0.6 is 23.4 Å². The largest absolute Gasteiger partial charge is 0.508 e. The highest BCUT2D eigenvalue weighted by Crippen LogP contribution is 2.48. The normalized spacial score (nSPS) is 26.9. The minimum atomic E-state index is -0.440. The molecule has 2 amide bonds. The highest BCUT2D eigenvalue weighted by atomic mass is 35.5. The third-order valence-electron chi connectivity index (χ3n) is 5.98. The zero-order valence-electron chi connectivity index (χ0n) is 15.4. The molecule has 1 aliphatic heterocycles. The Morgan fingerprint density at radius 2 is 2.04 bits per heavy atom. The fourth-order valence-corrected chi connectivity index (χ4v) is 5.80. The van der Waals surface area contributed by atoms with Gasteiger partial charge in [0.15, 0.2) is 0 Å². The molecule has 0 unspecified atom stereocenters. The molecule has 1 aromatic carbocycles. The number of carbonyl (C=O) groups excluding carboxylic acids is 2. The highest BCUT2D eigenvalue weighted by molar-refractivity contribution is 8.00. The van der Waals surface area contributed by atoms with E-state index in [9.17, 15) is 14.7 Å². The summed E-state index contributed by atoms with van der Waals surface area (Å²) in [4.78, 5) is 27.5. The van der Waals surface area contributed by atoms with Gasteiger partial charge in [0.1, 0.15) is 11.8 Å². The van der Waals surface area contributed by atoms with Crippen LogP contribution in [0.5, 0.6) is 5.75 Å². The number of anilines is 1. The Balaban J connectivity index is 1.41. The van der Waals surface area contributed by atoms with Gasteiger partial charge in [-0.1, -0.05) is 24.4 Å². The van der Waals surface area contributed by atoms with Gasteiger partial charge in [-0.3, -0.25) is 9.59 Å². The summed E-state index contributed by atoms with van der Waals surface area (Å²) < 4.78 is 0. The predicted molar refractivity (Wildman–Crippen MR) is 108 cm³/mol. The number of nitrogens with one attached hydrogen (secondary N) is 1. The molecule has 27 heavy (non-hydrogen) atoms. The lowest BCUT2D eigenvalue weighted by Crippen LogP contribution is -2.46. The van der Waals surface area contributed by atoms with Crippen LogP contribution in [-0.2, 0) is 9.59 Å². The zero-order valence-corrected chi connectivity index (χ0v) is 17.0. The quantitative estimate of drug-likeness (QED) is 0.773. The van der Waals surface area contributed by atoms with Crippen molar-refractivity contribution in [3.05, 3.63) is 22.7 Å². The van der Waals surface area contributed by atoms with Gasteiger partial charge in [-0.2, -0.15) is 0 Å². The second kappa shape index (κ2) is 7.55. The molecule has 1 saturated heterocycles. The summed E-state index contributed by atoms with van der Waals surface area (Å²) in [6.07, 6.45) is 6.64. The SMILES string of the molecule is Cc1cc(Cl)c(NC(=O)[C@H]2C[C@H]3C[C@H]3N2C(=O)CSC2CCCC2)cc1O. The highest BCUT2D eigenvalue weighted by Gasteiger charge is 2.55. The molecule has 0 radical (unpaired) electrons. The Morgan fingerprint density at radius 3 is 2.78 bits per heavy atom. The van der Waals surface area contributed by atoms with E-state index in [4.69, 9.17) is 11.6 Å². The molecule has 0 aromatic heterocycles. The summed E-state index contributed by atoms with van der Waals surface area (Å²) in [5.41, 5.74) is 1.04. The summed E-state index contributed by atoms with van der Waals surface area (Å²) in [5, 5.41) is 13.7. The van der Waals surface area contributed by atoms with Crippen LogP contribution in [0.3, 0.4) is 0 Å². The molecule has 1 heterocycles. The molecule has 5 nitrogen and oxygen atoms in total. The summed E-state index contributed by atoms with van der Waals surface area (Å²) in [6, 6.07) is 2.87. The number of likely N-dealkylation sites (tertiary alicyclic amines) is 1. The van der Waals surface area contributed by atoms with Gasteiger partial charge in [-0.05, 0) is 50.2 Å². The van der Waals surface area contributed by atoms with Gasteiger partial charge in [0.05, 0.1) is 16.5 Å². The number of benzene rings is 1. The van der Waals surface area contributed by atoms with Gasteiger partial charge < -0.3 is 15.3 Å². The Bertz CT molecular complexity index is 766. The molecule has 3 aliphatic rings. The van der Waals surface area contributed by atoms with E-state index in [0.29, 0.717) is 39.6 Å². The monoisotopic (exact) mass is 408 g/mol. The van der Waals surface area contributed by atoms with E-state index in [1.54, 1.807) is 24.8 Å². The maximum Gasteiger partial charge on any atom is 0.247 e. The lowest BCUT2D eigenvalue weighted by molar-refractivity contribution is -0.135. The maximum atomic E-state index is 12.9. The van der Waals surface area contributed by atoms with Gasteiger partial charge in [0.2, 0.25) is 11.8 Å². The van der Waals surface area contributed by atoms with Gasteiger partial charge >= 0.3 is 0 Å². The van der Waals surface area contributed by atoms with Gasteiger partial charge in [-0.15, -0.1) is 11.8 Å². The second-order valence-electron chi connectivity index (χ2n) is 7.94. The smallest absolute Gasteiger partial charge is 0.247 e. The number of aromatic hydroxyl groups is 1. The summed E-state index contributed by atoms with van der Waals surface area (Å²) >= 11 is 7.95. The number of rotatable bonds is 5. The number of nitrogens with zero attached hydrogens (tertiary/aromatic N) is 1. The first kappa shape index (κ1) is 18.9. The van der Waals surface area contributed by atoms with E-state index in [0.717, 1.165) is 6.42 Å². The standard InChI is InChI=1S/C20H25ClN2O3S/c1-11-6-14(21)15(9-18(11)24)22-20(26)17-8-12-7-16(12)23(17)19(25)10-27-13-4-2-3-5-13/h6,9,12-13,16-17,24H,2-5,7-8,10H2,1H3,(H,22,26)/t12-,16-,17-/m1/s1. The molecule has 1 aromatic rings. The first-order valence-corrected chi connectivity index (χ1v) is 11.1. The number of hydrogen-bond donors (Lipinski definition) is 2. The van der Waals surface area contributed by atoms with Crippen LogP contribution in [0.15, 0.2) is 12.1 Å². The van der Waals surface area contributed by atoms with Crippen molar-refractivity contribution in [3.63, 3.8) is 0 Å². The van der Waals surface area contributed by atoms with Crippen LogP contribution in [-0.4, -0.2) is 44.9 Å². The predicted octanol–water partition coefficient (Wildman–Crippen LogP) is 3.96. The molecule has 0 bridgehead atoms. The average Bonchev–Trinajstić information content (AvgIpc) is 3.06. The summed E-state index contributed by atoms with van der Waals surface area (Å²) in [7, 11) is 0. The summed E-state index contributed by atoms with van der Waals surface area (Å²) in [6.45, 7) is 1.75. The van der Waals surface area contributed by atoms with Crippen molar-refractivity contribution in [3.8, 4) is 5.75 Å². The maximum absolute atomic E-state index is 12.9. The Kier molecular flexibility index (Phi) is 5.30. The van der Waals surface area contributed by atoms with Crippen molar-refractivity contribution in [2.45, 2.75) is 62.8 Å². The molecule has 0 spiro atoms. The fraction of sp³-hybridized carbons (Fsp3) is 0.600. The number of aryl methyl sites for hydroxylation is 1. The molecular weight excluding hydrogens is 384 g/mol. The average molecular weight is 409 g/mol. The minimum Gasteiger partial charge on any atom is -0.508 e. The number of fused-ring (bicyclic) bond motifs is 1. The van der Waals surface area contributed by atoms with Crippen molar-refractivity contribution in [1.82, 2.24) is 4.90 Å². The van der Waals surface area contributed by atoms with Crippen molar-refractivity contribution >= 4 is 40.9 Å². The number of carbonyl (C=O) groups is 2. The molecule has 7 heteroatoms. The summed E-state index contributed by atoms with van der Waals surface area (Å²) in [5.74, 6) is 0.860. The number of phenolic OH excluding ortho intramolecular Hbond substituents is 1. The van der Waals surface area contributed by atoms with Crippen molar-refractivity contribution in [2.24, 2.45) is 5.92 Å². The molecule has 2 saturated carbocycles. The number of piperidine rings is 1. The van der Waals surface area contributed by atoms with E-state index in [2.05, 4.69) is 5.32 Å². The van der Waals surface area contributed by atoms with Gasteiger partial charge in [-0.25, -0.2) is 0 Å². The van der Waals surface area contributed by atoms with E-state index < -0.39 is 6.04 Å². The minimum absolute atomic E-state index is 0.0786. The molecule has 3 fully saturated rings.